The Bertz CT molecular complexity index is 516. The van der Waals surface area contributed by atoms with Crippen LogP contribution in [0.15, 0.2) is 24.3 Å². The number of rotatable bonds is 0. The Morgan fingerprint density at radius 3 is 2.56 bits per heavy atom. The molecule has 1 aromatic rings. The maximum absolute atomic E-state index is 12.4. The first kappa shape index (κ1) is 10.3. The summed E-state index contributed by atoms with van der Waals surface area (Å²) in [4.78, 5) is 0. The predicted octanol–water partition coefficient (Wildman–Crippen LogP) is 1.21. The molecule has 16 heavy (non-hydrogen) atoms. The number of hydrogen-bond donors (Lipinski definition) is 0. The van der Waals surface area contributed by atoms with E-state index in [-0.39, 0.29) is 5.75 Å². The Labute approximate surface area is 95.8 Å². The fourth-order valence-electron chi connectivity index (χ4n) is 2.94. The van der Waals surface area contributed by atoms with E-state index in [0.29, 0.717) is 25.9 Å². The molecule has 3 nitrogen and oxygen atoms in total. The van der Waals surface area contributed by atoms with Crippen LogP contribution in [0.4, 0.5) is 0 Å². The second-order valence-corrected chi connectivity index (χ2v) is 6.88. The van der Waals surface area contributed by atoms with E-state index >= 15 is 0 Å². The third-order valence-electron chi connectivity index (χ3n) is 3.80. The SMILES string of the molecule is O=S1(=O)Cc2ccccc2C12CC[N]CC2. The first-order valence-electron chi connectivity index (χ1n) is 5.60. The number of piperidine rings is 1. The van der Waals surface area contributed by atoms with Crippen molar-refractivity contribution in [3.05, 3.63) is 35.4 Å². The summed E-state index contributed by atoms with van der Waals surface area (Å²) >= 11 is 0. The molecule has 1 radical (unpaired) electrons. The molecule has 0 N–H and O–H groups in total. The van der Waals surface area contributed by atoms with Crippen LogP contribution < -0.4 is 5.32 Å². The van der Waals surface area contributed by atoms with Gasteiger partial charge in [0.1, 0.15) is 4.75 Å². The van der Waals surface area contributed by atoms with E-state index in [0.717, 1.165) is 11.1 Å². The van der Waals surface area contributed by atoms with Gasteiger partial charge in [-0.2, -0.15) is 0 Å². The second kappa shape index (κ2) is 3.31. The molecule has 0 aliphatic carbocycles. The van der Waals surface area contributed by atoms with Gasteiger partial charge in [-0.3, -0.25) is 0 Å². The van der Waals surface area contributed by atoms with Crippen LogP contribution in [0.5, 0.6) is 0 Å². The van der Waals surface area contributed by atoms with Gasteiger partial charge in [0.05, 0.1) is 5.75 Å². The highest BCUT2D eigenvalue weighted by Gasteiger charge is 2.51. The molecule has 2 aliphatic rings. The maximum Gasteiger partial charge on any atom is 0.164 e. The van der Waals surface area contributed by atoms with Crippen LogP contribution in [0, 0.1) is 0 Å². The summed E-state index contributed by atoms with van der Waals surface area (Å²) in [6.07, 6.45) is 1.32. The van der Waals surface area contributed by atoms with Crippen LogP contribution in [0.2, 0.25) is 0 Å². The Balaban J connectivity index is 2.21. The van der Waals surface area contributed by atoms with Gasteiger partial charge in [0.15, 0.2) is 9.84 Å². The molecular formula is C12H14NO2S. The molecule has 1 aromatic carbocycles. The van der Waals surface area contributed by atoms with Gasteiger partial charge >= 0.3 is 0 Å². The molecule has 2 aliphatic heterocycles. The molecule has 0 bridgehead atoms. The highest BCUT2D eigenvalue weighted by atomic mass is 32.2. The zero-order valence-electron chi connectivity index (χ0n) is 9.02. The highest BCUT2D eigenvalue weighted by molar-refractivity contribution is 7.92. The summed E-state index contributed by atoms with van der Waals surface area (Å²) in [7, 11) is -3.03. The lowest BCUT2D eigenvalue weighted by Gasteiger charge is -2.32. The fourth-order valence-corrected chi connectivity index (χ4v) is 5.21. The summed E-state index contributed by atoms with van der Waals surface area (Å²) in [5.41, 5.74) is 2.02. The number of fused-ring (bicyclic) bond motifs is 2. The van der Waals surface area contributed by atoms with Gasteiger partial charge < -0.3 is 0 Å². The van der Waals surface area contributed by atoms with Crippen LogP contribution in [-0.2, 0) is 20.3 Å². The number of nitrogens with zero attached hydrogens (tertiary/aromatic N) is 1. The number of hydrogen-bond acceptors (Lipinski definition) is 2. The molecule has 0 unspecified atom stereocenters. The van der Waals surface area contributed by atoms with Crippen molar-refractivity contribution in [1.29, 1.82) is 0 Å². The quantitative estimate of drug-likeness (QED) is 0.679. The lowest BCUT2D eigenvalue weighted by atomic mass is 9.87. The van der Waals surface area contributed by atoms with Crippen molar-refractivity contribution in [1.82, 2.24) is 5.32 Å². The topological polar surface area (TPSA) is 48.2 Å². The molecule has 1 saturated heterocycles. The second-order valence-electron chi connectivity index (χ2n) is 4.58. The van der Waals surface area contributed by atoms with Crippen molar-refractivity contribution < 1.29 is 8.42 Å². The van der Waals surface area contributed by atoms with Crippen LogP contribution in [0.3, 0.4) is 0 Å². The van der Waals surface area contributed by atoms with E-state index in [4.69, 9.17) is 0 Å². The fraction of sp³-hybridized carbons (Fsp3) is 0.500. The van der Waals surface area contributed by atoms with Crippen molar-refractivity contribution in [2.45, 2.75) is 23.3 Å². The molecule has 3 rings (SSSR count). The minimum Gasteiger partial charge on any atom is -0.242 e. The van der Waals surface area contributed by atoms with Gasteiger partial charge in [0, 0.05) is 13.1 Å². The molecule has 0 aromatic heterocycles. The maximum atomic E-state index is 12.4. The predicted molar refractivity (Wildman–Crippen MR) is 61.8 cm³/mol. The zero-order valence-corrected chi connectivity index (χ0v) is 9.83. The molecule has 1 fully saturated rings. The van der Waals surface area contributed by atoms with Gasteiger partial charge in [0.25, 0.3) is 0 Å². The largest absolute Gasteiger partial charge is 0.242 e. The third-order valence-corrected chi connectivity index (χ3v) is 6.31. The minimum absolute atomic E-state index is 0.211. The molecule has 4 heteroatoms. The van der Waals surface area contributed by atoms with Gasteiger partial charge in [-0.1, -0.05) is 24.3 Å². The molecule has 1 spiro atoms. The van der Waals surface area contributed by atoms with E-state index in [1.807, 2.05) is 24.3 Å². The summed E-state index contributed by atoms with van der Waals surface area (Å²) in [5, 5.41) is 4.27. The van der Waals surface area contributed by atoms with Gasteiger partial charge in [-0.15, -0.1) is 0 Å². The van der Waals surface area contributed by atoms with E-state index in [2.05, 4.69) is 5.32 Å². The number of benzene rings is 1. The van der Waals surface area contributed by atoms with Crippen LogP contribution in [-0.4, -0.2) is 21.5 Å². The monoisotopic (exact) mass is 236 g/mol. The highest BCUT2D eigenvalue weighted by Crippen LogP contribution is 2.47. The van der Waals surface area contributed by atoms with Gasteiger partial charge in [-0.25, -0.2) is 13.7 Å². The summed E-state index contributed by atoms with van der Waals surface area (Å²) in [6.45, 7) is 1.35. The van der Waals surface area contributed by atoms with E-state index in [1.165, 1.54) is 0 Å². The summed E-state index contributed by atoms with van der Waals surface area (Å²) in [6, 6.07) is 7.77. The van der Waals surface area contributed by atoms with Crippen molar-refractivity contribution in [3.63, 3.8) is 0 Å². The summed E-state index contributed by atoms with van der Waals surface area (Å²) in [5.74, 6) is 0.211. The average Bonchev–Trinajstić information content (AvgIpc) is 2.49. The standard InChI is InChI=1S/C12H14NO2S/c14-16(15)9-10-3-1-2-4-11(10)12(16)5-7-13-8-6-12/h1-4H,5-9H2. The van der Waals surface area contributed by atoms with E-state index in [1.54, 1.807) is 0 Å². The van der Waals surface area contributed by atoms with Crippen molar-refractivity contribution in [2.75, 3.05) is 13.1 Å². The van der Waals surface area contributed by atoms with Crippen molar-refractivity contribution in [2.24, 2.45) is 0 Å². The lowest BCUT2D eigenvalue weighted by molar-refractivity contribution is 0.396. The normalized spacial score (nSPS) is 25.5. The van der Waals surface area contributed by atoms with Crippen LogP contribution >= 0.6 is 0 Å². The van der Waals surface area contributed by atoms with Crippen LogP contribution in [0.25, 0.3) is 0 Å². The molecule has 85 valence electrons. The lowest BCUT2D eigenvalue weighted by Crippen LogP contribution is -2.40. The Kier molecular flexibility index (Phi) is 2.13. The van der Waals surface area contributed by atoms with Crippen LogP contribution in [0.1, 0.15) is 24.0 Å². The Hall–Kier alpha value is -0.870. The third kappa shape index (κ3) is 1.20. The molecule has 0 amide bonds. The Morgan fingerprint density at radius 2 is 1.81 bits per heavy atom. The molecule has 2 heterocycles. The molecule has 0 saturated carbocycles. The van der Waals surface area contributed by atoms with Gasteiger partial charge in [-0.05, 0) is 24.0 Å². The van der Waals surface area contributed by atoms with Crippen molar-refractivity contribution in [3.8, 4) is 0 Å². The van der Waals surface area contributed by atoms with Gasteiger partial charge in [0.2, 0.25) is 0 Å². The molecule has 0 atom stereocenters. The van der Waals surface area contributed by atoms with E-state index in [9.17, 15) is 8.42 Å². The smallest absolute Gasteiger partial charge is 0.164 e. The first-order chi connectivity index (χ1) is 7.66. The summed E-state index contributed by atoms with van der Waals surface area (Å²) < 4.78 is 24.1. The molecular weight excluding hydrogens is 222 g/mol. The minimum atomic E-state index is -3.03. The van der Waals surface area contributed by atoms with E-state index < -0.39 is 14.6 Å². The first-order valence-corrected chi connectivity index (χ1v) is 7.25. The average molecular weight is 236 g/mol. The number of sulfone groups is 1. The van der Waals surface area contributed by atoms with Crippen molar-refractivity contribution >= 4 is 9.84 Å². The Morgan fingerprint density at radius 1 is 1.12 bits per heavy atom. The zero-order chi connectivity index (χ0) is 11.2.